The van der Waals surface area contributed by atoms with Gasteiger partial charge >= 0.3 is 0 Å². The SMILES string of the molecule is O=CCCCCCCCCCCCCCCC[n+]1ccccc1. The second kappa shape index (κ2) is 15.7. The highest BCUT2D eigenvalue weighted by Crippen LogP contribution is 2.12. The molecule has 1 heterocycles. The van der Waals surface area contributed by atoms with Gasteiger partial charge in [0.1, 0.15) is 12.8 Å². The maximum Gasteiger partial charge on any atom is 0.168 e. The molecule has 1 rings (SSSR count). The molecule has 23 heavy (non-hydrogen) atoms. The van der Waals surface area contributed by atoms with E-state index in [-0.39, 0.29) is 0 Å². The average molecular weight is 319 g/mol. The number of unbranched alkanes of at least 4 members (excludes halogenated alkanes) is 13. The first kappa shape index (κ1) is 19.9. The normalized spacial score (nSPS) is 10.8. The van der Waals surface area contributed by atoms with Gasteiger partial charge in [-0.05, 0) is 12.8 Å². The molecule has 0 radical (unpaired) electrons. The minimum Gasteiger partial charge on any atom is -0.303 e. The Morgan fingerprint density at radius 1 is 0.565 bits per heavy atom. The Morgan fingerprint density at radius 3 is 1.48 bits per heavy atom. The molecular weight excluding hydrogens is 282 g/mol. The fraction of sp³-hybridized carbons (Fsp3) is 0.714. The summed E-state index contributed by atoms with van der Waals surface area (Å²) in [7, 11) is 0. The highest BCUT2D eigenvalue weighted by atomic mass is 16.1. The van der Waals surface area contributed by atoms with E-state index in [1.54, 1.807) is 0 Å². The maximum atomic E-state index is 10.2. The lowest BCUT2D eigenvalue weighted by atomic mass is 10.0. The first-order valence-corrected chi connectivity index (χ1v) is 9.81. The molecular formula is C21H36NO+. The molecule has 2 nitrogen and oxygen atoms in total. The molecule has 0 aliphatic rings. The van der Waals surface area contributed by atoms with Crippen molar-refractivity contribution < 1.29 is 9.36 Å². The quantitative estimate of drug-likeness (QED) is 0.220. The molecule has 1 aromatic heterocycles. The molecule has 0 saturated carbocycles. The highest BCUT2D eigenvalue weighted by Gasteiger charge is 1.98. The largest absolute Gasteiger partial charge is 0.303 e. The van der Waals surface area contributed by atoms with Gasteiger partial charge in [-0.15, -0.1) is 0 Å². The van der Waals surface area contributed by atoms with Gasteiger partial charge < -0.3 is 4.79 Å². The van der Waals surface area contributed by atoms with Crippen molar-refractivity contribution in [1.29, 1.82) is 0 Å². The van der Waals surface area contributed by atoms with Crippen molar-refractivity contribution in [2.45, 2.75) is 96.4 Å². The third kappa shape index (κ3) is 13.0. The van der Waals surface area contributed by atoms with Crippen LogP contribution in [0.15, 0.2) is 30.6 Å². The van der Waals surface area contributed by atoms with Gasteiger partial charge in [-0.2, -0.15) is 0 Å². The second-order valence-corrected chi connectivity index (χ2v) is 6.66. The molecule has 130 valence electrons. The van der Waals surface area contributed by atoms with Crippen LogP contribution in [0.3, 0.4) is 0 Å². The van der Waals surface area contributed by atoms with Crippen molar-refractivity contribution in [3.05, 3.63) is 30.6 Å². The second-order valence-electron chi connectivity index (χ2n) is 6.66. The van der Waals surface area contributed by atoms with E-state index in [2.05, 4.69) is 35.2 Å². The predicted octanol–water partition coefficient (Wildman–Crippen LogP) is 5.63. The highest BCUT2D eigenvalue weighted by molar-refractivity contribution is 5.48. The number of pyridine rings is 1. The van der Waals surface area contributed by atoms with E-state index < -0.39 is 0 Å². The Balaban J connectivity index is 1.72. The van der Waals surface area contributed by atoms with Gasteiger partial charge in [0.05, 0.1) is 0 Å². The summed E-state index contributed by atoms with van der Waals surface area (Å²) < 4.78 is 2.28. The molecule has 0 fully saturated rings. The molecule has 1 aromatic rings. The van der Waals surface area contributed by atoms with Gasteiger partial charge in [-0.25, -0.2) is 4.57 Å². The van der Waals surface area contributed by atoms with Gasteiger partial charge in [0.25, 0.3) is 0 Å². The van der Waals surface area contributed by atoms with Gasteiger partial charge in [-0.1, -0.05) is 70.3 Å². The van der Waals surface area contributed by atoms with Crippen molar-refractivity contribution >= 4 is 6.29 Å². The minimum atomic E-state index is 0.754. The van der Waals surface area contributed by atoms with E-state index in [9.17, 15) is 4.79 Å². The van der Waals surface area contributed by atoms with E-state index in [0.29, 0.717) is 0 Å². The van der Waals surface area contributed by atoms with E-state index in [1.165, 1.54) is 77.0 Å². The molecule has 0 unspecified atom stereocenters. The summed E-state index contributed by atoms with van der Waals surface area (Å²) in [6.45, 7) is 1.16. The van der Waals surface area contributed by atoms with E-state index in [0.717, 1.165) is 25.7 Å². The van der Waals surface area contributed by atoms with Crippen LogP contribution in [-0.4, -0.2) is 6.29 Å². The number of carbonyl (C=O) groups excluding carboxylic acids is 1. The van der Waals surface area contributed by atoms with Crippen molar-refractivity contribution in [3.8, 4) is 0 Å². The standard InChI is InChI=1S/C21H36NO/c23-21-17-12-10-8-6-4-2-1-3-5-7-9-11-14-18-22-19-15-13-16-20-22/h13,15-16,19-21H,1-12,14,17-18H2/q+1. The fourth-order valence-corrected chi connectivity index (χ4v) is 3.05. The van der Waals surface area contributed by atoms with Crippen LogP contribution in [0, 0.1) is 0 Å². The van der Waals surface area contributed by atoms with Crippen LogP contribution in [0.25, 0.3) is 0 Å². The number of carbonyl (C=O) groups is 1. The zero-order chi connectivity index (χ0) is 16.4. The van der Waals surface area contributed by atoms with Gasteiger partial charge in [0.2, 0.25) is 0 Å². The summed E-state index contributed by atoms with van der Waals surface area (Å²) in [5.41, 5.74) is 0. The third-order valence-corrected chi connectivity index (χ3v) is 4.52. The van der Waals surface area contributed by atoms with Gasteiger partial charge in [-0.3, -0.25) is 0 Å². The van der Waals surface area contributed by atoms with E-state index in [4.69, 9.17) is 0 Å². The Morgan fingerprint density at radius 2 is 1.00 bits per heavy atom. The lowest BCUT2D eigenvalue weighted by molar-refractivity contribution is -0.697. The number of nitrogens with zero attached hydrogens (tertiary/aromatic N) is 1. The van der Waals surface area contributed by atoms with Crippen molar-refractivity contribution in [3.63, 3.8) is 0 Å². The number of rotatable bonds is 16. The molecule has 0 aromatic carbocycles. The van der Waals surface area contributed by atoms with Crippen LogP contribution in [0.2, 0.25) is 0 Å². The van der Waals surface area contributed by atoms with Crippen molar-refractivity contribution in [1.82, 2.24) is 0 Å². The zero-order valence-corrected chi connectivity index (χ0v) is 14.9. The van der Waals surface area contributed by atoms with Crippen LogP contribution >= 0.6 is 0 Å². The molecule has 0 bridgehead atoms. The molecule has 0 N–H and O–H groups in total. The lowest BCUT2D eigenvalue weighted by Crippen LogP contribution is -2.32. The van der Waals surface area contributed by atoms with Crippen molar-refractivity contribution in [2.75, 3.05) is 0 Å². The predicted molar refractivity (Wildman–Crippen MR) is 97.3 cm³/mol. The Kier molecular flexibility index (Phi) is 13.6. The molecule has 0 aliphatic carbocycles. The van der Waals surface area contributed by atoms with Crippen LogP contribution in [0.1, 0.15) is 89.9 Å². The summed E-state index contributed by atoms with van der Waals surface area (Å²) in [4.78, 5) is 10.2. The van der Waals surface area contributed by atoms with Gasteiger partial charge in [0, 0.05) is 25.0 Å². The summed E-state index contributed by atoms with van der Waals surface area (Å²) >= 11 is 0. The maximum absolute atomic E-state index is 10.2. The summed E-state index contributed by atoms with van der Waals surface area (Å²) in [6, 6.07) is 6.28. The summed E-state index contributed by atoms with van der Waals surface area (Å²) in [5, 5.41) is 0. The number of aryl methyl sites for hydroxylation is 1. The Bertz CT molecular complexity index is 363. The van der Waals surface area contributed by atoms with E-state index >= 15 is 0 Å². The fourth-order valence-electron chi connectivity index (χ4n) is 3.05. The lowest BCUT2D eigenvalue weighted by Gasteiger charge is -2.02. The number of hydrogen-bond donors (Lipinski definition) is 0. The first-order chi connectivity index (χ1) is 11.4. The Labute approximate surface area is 143 Å². The Hall–Kier alpha value is -1.18. The molecule has 0 saturated heterocycles. The molecule has 0 atom stereocenters. The summed E-state index contributed by atoms with van der Waals surface area (Å²) in [6.07, 6.45) is 23.6. The van der Waals surface area contributed by atoms with Crippen LogP contribution in [0.4, 0.5) is 0 Å². The van der Waals surface area contributed by atoms with Crippen LogP contribution < -0.4 is 4.57 Å². The van der Waals surface area contributed by atoms with Crippen LogP contribution in [0.5, 0.6) is 0 Å². The van der Waals surface area contributed by atoms with Crippen LogP contribution in [-0.2, 0) is 11.3 Å². The van der Waals surface area contributed by atoms with E-state index in [1.807, 2.05) is 0 Å². The number of hydrogen-bond acceptors (Lipinski definition) is 1. The number of aldehydes is 1. The first-order valence-electron chi connectivity index (χ1n) is 9.81. The number of aromatic nitrogens is 1. The van der Waals surface area contributed by atoms with Crippen molar-refractivity contribution in [2.24, 2.45) is 0 Å². The topological polar surface area (TPSA) is 20.9 Å². The smallest absolute Gasteiger partial charge is 0.168 e. The van der Waals surface area contributed by atoms with Gasteiger partial charge in [0.15, 0.2) is 12.4 Å². The third-order valence-electron chi connectivity index (χ3n) is 4.52. The minimum absolute atomic E-state index is 0.754. The zero-order valence-electron chi connectivity index (χ0n) is 14.9. The average Bonchev–Trinajstić information content (AvgIpc) is 2.59. The monoisotopic (exact) mass is 318 g/mol. The summed E-state index contributed by atoms with van der Waals surface area (Å²) in [5.74, 6) is 0. The molecule has 0 spiro atoms. The molecule has 0 aliphatic heterocycles. The molecule has 0 amide bonds. The molecule has 2 heteroatoms.